The largest absolute Gasteiger partial charge is 0.497 e. The normalized spacial score (nSPS) is 9.77. The van der Waals surface area contributed by atoms with Crippen molar-refractivity contribution >= 4 is 12.6 Å². The monoisotopic (exact) mass is 198 g/mol. The number of benzene rings is 1. The van der Waals surface area contributed by atoms with E-state index in [2.05, 4.69) is 19.6 Å². The van der Waals surface area contributed by atoms with Gasteiger partial charge in [-0.2, -0.15) is 0 Å². The standard InChI is InChI=1S/C10H14O2S/c1-3-6-12-9-5-4-8(11-2)7-10(9)13/h4-5,7,13H,3,6H2,1-2H3. The van der Waals surface area contributed by atoms with E-state index in [0.29, 0.717) is 0 Å². The maximum atomic E-state index is 5.45. The number of methoxy groups -OCH3 is 1. The van der Waals surface area contributed by atoms with Crippen molar-refractivity contribution in [2.75, 3.05) is 13.7 Å². The fraction of sp³-hybridized carbons (Fsp3) is 0.400. The van der Waals surface area contributed by atoms with Crippen molar-refractivity contribution in [2.45, 2.75) is 18.2 Å². The van der Waals surface area contributed by atoms with Gasteiger partial charge in [0, 0.05) is 4.90 Å². The van der Waals surface area contributed by atoms with Crippen LogP contribution in [-0.2, 0) is 0 Å². The van der Waals surface area contributed by atoms with Gasteiger partial charge in [-0.15, -0.1) is 12.6 Å². The average Bonchev–Trinajstić information content (AvgIpc) is 2.16. The molecule has 0 radical (unpaired) electrons. The lowest BCUT2D eigenvalue weighted by Crippen LogP contribution is -1.96. The van der Waals surface area contributed by atoms with Crippen molar-refractivity contribution < 1.29 is 9.47 Å². The molecule has 0 amide bonds. The van der Waals surface area contributed by atoms with Crippen molar-refractivity contribution in [3.8, 4) is 11.5 Å². The van der Waals surface area contributed by atoms with E-state index in [1.807, 2.05) is 18.2 Å². The summed E-state index contributed by atoms with van der Waals surface area (Å²) in [6, 6.07) is 5.58. The molecule has 0 atom stereocenters. The van der Waals surface area contributed by atoms with Gasteiger partial charge in [0.2, 0.25) is 0 Å². The van der Waals surface area contributed by atoms with E-state index < -0.39 is 0 Å². The predicted octanol–water partition coefficient (Wildman–Crippen LogP) is 2.77. The molecule has 0 aliphatic rings. The molecule has 0 bridgehead atoms. The summed E-state index contributed by atoms with van der Waals surface area (Å²) in [5, 5.41) is 0. The van der Waals surface area contributed by atoms with Gasteiger partial charge in [-0.3, -0.25) is 0 Å². The van der Waals surface area contributed by atoms with Crippen molar-refractivity contribution in [2.24, 2.45) is 0 Å². The van der Waals surface area contributed by atoms with Crippen LogP contribution in [0.1, 0.15) is 13.3 Å². The molecule has 0 saturated carbocycles. The minimum absolute atomic E-state index is 0.722. The number of thiol groups is 1. The van der Waals surface area contributed by atoms with Crippen LogP contribution in [0, 0.1) is 0 Å². The zero-order valence-corrected chi connectivity index (χ0v) is 8.80. The van der Waals surface area contributed by atoms with E-state index >= 15 is 0 Å². The molecule has 0 saturated heterocycles. The summed E-state index contributed by atoms with van der Waals surface area (Å²) in [4.78, 5) is 0.813. The summed E-state index contributed by atoms with van der Waals surface area (Å²) < 4.78 is 10.5. The molecular formula is C10H14O2S. The Kier molecular flexibility index (Phi) is 3.96. The second-order valence-electron chi connectivity index (χ2n) is 2.68. The zero-order valence-electron chi connectivity index (χ0n) is 7.91. The van der Waals surface area contributed by atoms with Gasteiger partial charge in [0.25, 0.3) is 0 Å². The van der Waals surface area contributed by atoms with Crippen LogP contribution in [0.3, 0.4) is 0 Å². The second-order valence-corrected chi connectivity index (χ2v) is 3.16. The Labute approximate surface area is 84.3 Å². The fourth-order valence-electron chi connectivity index (χ4n) is 0.958. The molecule has 0 unspecified atom stereocenters. The molecule has 0 N–H and O–H groups in total. The molecule has 0 spiro atoms. The summed E-state index contributed by atoms with van der Waals surface area (Å²) >= 11 is 4.29. The van der Waals surface area contributed by atoms with Gasteiger partial charge in [-0.25, -0.2) is 0 Å². The van der Waals surface area contributed by atoms with Crippen LogP contribution in [0.15, 0.2) is 23.1 Å². The van der Waals surface area contributed by atoms with Gasteiger partial charge < -0.3 is 9.47 Å². The van der Waals surface area contributed by atoms with Crippen LogP contribution in [0.4, 0.5) is 0 Å². The zero-order chi connectivity index (χ0) is 9.68. The average molecular weight is 198 g/mol. The molecule has 3 heteroatoms. The van der Waals surface area contributed by atoms with E-state index in [4.69, 9.17) is 9.47 Å². The van der Waals surface area contributed by atoms with E-state index in [1.165, 1.54) is 0 Å². The summed E-state index contributed by atoms with van der Waals surface area (Å²) in [6.45, 7) is 2.79. The van der Waals surface area contributed by atoms with E-state index in [-0.39, 0.29) is 0 Å². The lowest BCUT2D eigenvalue weighted by molar-refractivity contribution is 0.309. The van der Waals surface area contributed by atoms with Gasteiger partial charge in [0.15, 0.2) is 0 Å². The topological polar surface area (TPSA) is 18.5 Å². The first-order valence-corrected chi connectivity index (χ1v) is 4.72. The van der Waals surface area contributed by atoms with Gasteiger partial charge >= 0.3 is 0 Å². The third-order valence-electron chi connectivity index (χ3n) is 1.63. The Morgan fingerprint density at radius 2 is 2.15 bits per heavy atom. The van der Waals surface area contributed by atoms with Crippen molar-refractivity contribution in [1.82, 2.24) is 0 Å². The number of hydrogen-bond donors (Lipinski definition) is 1. The van der Waals surface area contributed by atoms with Gasteiger partial charge in [-0.05, 0) is 24.6 Å². The minimum atomic E-state index is 0.722. The van der Waals surface area contributed by atoms with Crippen molar-refractivity contribution in [1.29, 1.82) is 0 Å². The molecule has 2 nitrogen and oxygen atoms in total. The Morgan fingerprint density at radius 3 is 2.69 bits per heavy atom. The molecule has 1 aromatic carbocycles. The van der Waals surface area contributed by atoms with E-state index in [9.17, 15) is 0 Å². The molecule has 0 aliphatic carbocycles. The first kappa shape index (κ1) is 10.3. The maximum Gasteiger partial charge on any atom is 0.132 e. The van der Waals surface area contributed by atoms with Crippen LogP contribution in [0.2, 0.25) is 0 Å². The molecule has 72 valence electrons. The Bertz CT molecular complexity index is 274. The van der Waals surface area contributed by atoms with E-state index in [0.717, 1.165) is 29.4 Å². The molecule has 0 aromatic heterocycles. The number of hydrogen-bond acceptors (Lipinski definition) is 3. The Balaban J connectivity index is 2.73. The van der Waals surface area contributed by atoms with Gasteiger partial charge in [-0.1, -0.05) is 6.92 Å². The van der Waals surface area contributed by atoms with Crippen LogP contribution in [-0.4, -0.2) is 13.7 Å². The molecular weight excluding hydrogens is 184 g/mol. The molecule has 1 aromatic rings. The van der Waals surface area contributed by atoms with E-state index in [1.54, 1.807) is 7.11 Å². The highest BCUT2D eigenvalue weighted by Crippen LogP contribution is 2.27. The first-order valence-electron chi connectivity index (χ1n) is 4.27. The molecule has 0 fully saturated rings. The Morgan fingerprint density at radius 1 is 1.38 bits per heavy atom. The SMILES string of the molecule is CCCOc1ccc(OC)cc1S. The fourth-order valence-corrected chi connectivity index (χ4v) is 1.22. The summed E-state index contributed by atoms with van der Waals surface area (Å²) in [6.07, 6.45) is 0.999. The molecule has 0 heterocycles. The lowest BCUT2D eigenvalue weighted by atomic mass is 10.3. The third kappa shape index (κ3) is 2.84. The molecule has 13 heavy (non-hydrogen) atoms. The maximum absolute atomic E-state index is 5.45. The van der Waals surface area contributed by atoms with Crippen LogP contribution in [0.25, 0.3) is 0 Å². The second kappa shape index (κ2) is 5.02. The van der Waals surface area contributed by atoms with Crippen LogP contribution < -0.4 is 9.47 Å². The third-order valence-corrected chi connectivity index (χ3v) is 1.98. The highest BCUT2D eigenvalue weighted by molar-refractivity contribution is 7.80. The summed E-state index contributed by atoms with van der Waals surface area (Å²) in [5.41, 5.74) is 0. The smallest absolute Gasteiger partial charge is 0.132 e. The van der Waals surface area contributed by atoms with Crippen LogP contribution >= 0.6 is 12.6 Å². The Hall–Kier alpha value is -0.830. The number of ether oxygens (including phenoxy) is 2. The minimum Gasteiger partial charge on any atom is -0.497 e. The predicted molar refractivity (Wildman–Crippen MR) is 56.0 cm³/mol. The summed E-state index contributed by atoms with van der Waals surface area (Å²) in [7, 11) is 1.63. The highest BCUT2D eigenvalue weighted by Gasteiger charge is 2.00. The van der Waals surface area contributed by atoms with Crippen molar-refractivity contribution in [3.63, 3.8) is 0 Å². The number of rotatable bonds is 4. The quantitative estimate of drug-likeness (QED) is 0.750. The first-order chi connectivity index (χ1) is 6.27. The molecule has 0 aliphatic heterocycles. The van der Waals surface area contributed by atoms with Gasteiger partial charge in [0.05, 0.1) is 13.7 Å². The van der Waals surface area contributed by atoms with Crippen molar-refractivity contribution in [3.05, 3.63) is 18.2 Å². The van der Waals surface area contributed by atoms with Gasteiger partial charge in [0.1, 0.15) is 11.5 Å². The summed E-state index contributed by atoms with van der Waals surface area (Å²) in [5.74, 6) is 1.61. The lowest BCUT2D eigenvalue weighted by Gasteiger charge is -2.08. The van der Waals surface area contributed by atoms with Crippen LogP contribution in [0.5, 0.6) is 11.5 Å². The highest BCUT2D eigenvalue weighted by atomic mass is 32.1. The molecule has 1 rings (SSSR count).